The molecule has 0 fully saturated rings. The van der Waals surface area contributed by atoms with E-state index in [4.69, 9.17) is 23.2 Å². The van der Waals surface area contributed by atoms with E-state index in [1.54, 1.807) is 0 Å². The van der Waals surface area contributed by atoms with Crippen LogP contribution in [-0.4, -0.2) is 8.80 Å². The number of rotatable bonds is 5. The van der Waals surface area contributed by atoms with E-state index in [9.17, 15) is 0 Å². The Morgan fingerprint density at radius 3 is 2.33 bits per heavy atom. The lowest BCUT2D eigenvalue weighted by Crippen LogP contribution is -1.99. The molecule has 1 rings (SSSR count). The summed E-state index contributed by atoms with van der Waals surface area (Å²) in [6, 6.07) is 9.24. The minimum atomic E-state index is -0.411. The van der Waals surface area contributed by atoms with Crippen molar-refractivity contribution in [1.29, 1.82) is 0 Å². The molecule has 1 aromatic carbocycles. The molecule has 0 heterocycles. The van der Waals surface area contributed by atoms with Gasteiger partial charge in [-0.15, -0.1) is 11.6 Å². The molecule has 0 saturated heterocycles. The lowest BCUT2D eigenvalue weighted by atomic mass is 10.1. The molecular weight excluding hydrogens is 243 g/mol. The zero-order chi connectivity index (χ0) is 11.3. The van der Waals surface area contributed by atoms with Crippen molar-refractivity contribution in [2.24, 2.45) is 0 Å². The zero-order valence-corrected chi connectivity index (χ0v) is 12.0. The van der Waals surface area contributed by atoms with Crippen molar-refractivity contribution < 1.29 is 0 Å². The van der Waals surface area contributed by atoms with Crippen LogP contribution in [0.1, 0.15) is 23.8 Å². The largest absolute Gasteiger partial charge is 0.118 e. The molecule has 0 nitrogen and oxygen atoms in total. The molecule has 15 heavy (non-hydrogen) atoms. The molecule has 0 radical (unpaired) electrons. The Kier molecular flexibility index (Phi) is 5.73. The van der Waals surface area contributed by atoms with Gasteiger partial charge in [-0.25, -0.2) is 0 Å². The predicted octanol–water partition coefficient (Wildman–Crippen LogP) is 4.89. The van der Waals surface area contributed by atoms with Crippen LogP contribution in [0.5, 0.6) is 0 Å². The summed E-state index contributed by atoms with van der Waals surface area (Å²) in [5, 5.41) is 0.923. The van der Waals surface area contributed by atoms with Crippen molar-refractivity contribution in [2.75, 3.05) is 0 Å². The second kappa shape index (κ2) is 6.57. The van der Waals surface area contributed by atoms with Crippen LogP contribution < -0.4 is 0 Å². The third kappa shape index (κ3) is 5.05. The van der Waals surface area contributed by atoms with E-state index < -0.39 is 8.80 Å². The van der Waals surface area contributed by atoms with Crippen molar-refractivity contribution in [1.82, 2.24) is 0 Å². The quantitative estimate of drug-likeness (QED) is 0.523. The summed E-state index contributed by atoms with van der Waals surface area (Å²) >= 11 is 12.1. The maximum absolute atomic E-state index is 6.31. The second-order valence-corrected chi connectivity index (χ2v) is 8.67. The molecule has 0 aliphatic heterocycles. The van der Waals surface area contributed by atoms with Crippen molar-refractivity contribution in [3.63, 3.8) is 0 Å². The van der Waals surface area contributed by atoms with E-state index >= 15 is 0 Å². The highest BCUT2D eigenvalue weighted by Gasteiger charge is 2.07. The third-order valence-electron chi connectivity index (χ3n) is 2.47. The van der Waals surface area contributed by atoms with Crippen molar-refractivity contribution in [3.8, 4) is 0 Å². The first-order valence-corrected chi connectivity index (χ1v) is 9.43. The van der Waals surface area contributed by atoms with Crippen molar-refractivity contribution in [2.45, 2.75) is 37.4 Å². The monoisotopic (exact) mass is 260 g/mol. The van der Waals surface area contributed by atoms with Gasteiger partial charge in [0.2, 0.25) is 0 Å². The molecule has 0 N–H and O–H groups in total. The van der Waals surface area contributed by atoms with Gasteiger partial charge >= 0.3 is 0 Å². The standard InChI is InChI=1S/C12H18Cl2Si/c1-15(2)9-3-4-12(14)10-5-7-11(13)8-6-10/h5-8,12,15H,3-4,9H2,1-2H3. The summed E-state index contributed by atoms with van der Waals surface area (Å²) in [4.78, 5) is 0. The SMILES string of the molecule is C[SiH](C)CCCC(Cl)c1ccc(Cl)cc1. The number of hydrogen-bond donors (Lipinski definition) is 0. The normalized spacial score (nSPS) is 13.1. The molecule has 0 bridgehead atoms. The van der Waals surface area contributed by atoms with Crippen LogP contribution in [0.15, 0.2) is 24.3 Å². The van der Waals surface area contributed by atoms with E-state index in [1.165, 1.54) is 18.0 Å². The summed E-state index contributed by atoms with van der Waals surface area (Å²) in [7, 11) is -0.411. The fourth-order valence-electron chi connectivity index (χ4n) is 1.54. The highest BCUT2D eigenvalue weighted by molar-refractivity contribution is 6.55. The van der Waals surface area contributed by atoms with E-state index in [2.05, 4.69) is 13.1 Å². The minimum absolute atomic E-state index is 0.148. The fraction of sp³-hybridized carbons (Fsp3) is 0.500. The van der Waals surface area contributed by atoms with Crippen molar-refractivity contribution >= 4 is 32.0 Å². The van der Waals surface area contributed by atoms with Crippen LogP contribution in [0.25, 0.3) is 0 Å². The molecule has 84 valence electrons. The predicted molar refractivity (Wildman–Crippen MR) is 73.0 cm³/mol. The van der Waals surface area contributed by atoms with Gasteiger partial charge in [0.1, 0.15) is 0 Å². The first-order chi connectivity index (χ1) is 7.09. The van der Waals surface area contributed by atoms with Gasteiger partial charge in [0.25, 0.3) is 0 Å². The van der Waals surface area contributed by atoms with Gasteiger partial charge in [0.15, 0.2) is 0 Å². The molecule has 0 amide bonds. The van der Waals surface area contributed by atoms with Crippen LogP contribution in [0, 0.1) is 0 Å². The molecule has 0 aliphatic carbocycles. The maximum atomic E-state index is 6.31. The second-order valence-electron chi connectivity index (χ2n) is 4.34. The average Bonchev–Trinajstić information content (AvgIpc) is 2.18. The zero-order valence-electron chi connectivity index (χ0n) is 9.34. The van der Waals surface area contributed by atoms with Gasteiger partial charge in [-0.1, -0.05) is 49.3 Å². The van der Waals surface area contributed by atoms with Gasteiger partial charge in [-0.2, -0.15) is 0 Å². The van der Waals surface area contributed by atoms with E-state index in [0.29, 0.717) is 0 Å². The fourth-order valence-corrected chi connectivity index (χ4v) is 3.02. The van der Waals surface area contributed by atoms with Crippen LogP contribution in [0.3, 0.4) is 0 Å². The van der Waals surface area contributed by atoms with Crippen LogP contribution >= 0.6 is 23.2 Å². The molecule has 0 spiro atoms. The molecule has 0 aliphatic rings. The highest BCUT2D eigenvalue weighted by atomic mass is 35.5. The minimum Gasteiger partial charge on any atom is -0.118 e. The molecule has 0 aromatic heterocycles. The van der Waals surface area contributed by atoms with E-state index in [1.807, 2.05) is 24.3 Å². The Bertz CT molecular complexity index is 282. The maximum Gasteiger partial charge on any atom is 0.0585 e. The van der Waals surface area contributed by atoms with Crippen LogP contribution in [0.4, 0.5) is 0 Å². The van der Waals surface area contributed by atoms with Gasteiger partial charge in [0.05, 0.1) is 5.38 Å². The molecule has 1 unspecified atom stereocenters. The molecular formula is C12H18Cl2Si. The molecule has 1 aromatic rings. The first kappa shape index (κ1) is 13.1. The Hall–Kier alpha value is 0.0169. The summed E-state index contributed by atoms with van der Waals surface area (Å²) in [5.74, 6) is 0. The summed E-state index contributed by atoms with van der Waals surface area (Å²) < 4.78 is 0. The van der Waals surface area contributed by atoms with Gasteiger partial charge < -0.3 is 0 Å². The Labute approximate surface area is 104 Å². The van der Waals surface area contributed by atoms with E-state index in [0.717, 1.165) is 11.4 Å². The number of halogens is 2. The third-order valence-corrected chi connectivity index (χ3v) is 4.76. The Morgan fingerprint density at radius 1 is 1.20 bits per heavy atom. The highest BCUT2D eigenvalue weighted by Crippen LogP contribution is 2.27. The lowest BCUT2D eigenvalue weighted by Gasteiger charge is -2.10. The van der Waals surface area contributed by atoms with Gasteiger partial charge in [-0.3, -0.25) is 0 Å². The topological polar surface area (TPSA) is 0 Å². The summed E-state index contributed by atoms with van der Waals surface area (Å²) in [6.45, 7) is 4.76. The molecule has 3 heteroatoms. The Morgan fingerprint density at radius 2 is 1.80 bits per heavy atom. The average molecular weight is 261 g/mol. The Balaban J connectivity index is 2.40. The number of alkyl halides is 1. The smallest absolute Gasteiger partial charge is 0.0585 e. The number of hydrogen-bond acceptors (Lipinski definition) is 0. The van der Waals surface area contributed by atoms with Crippen LogP contribution in [0.2, 0.25) is 24.2 Å². The van der Waals surface area contributed by atoms with E-state index in [-0.39, 0.29) is 5.38 Å². The van der Waals surface area contributed by atoms with Crippen molar-refractivity contribution in [3.05, 3.63) is 34.9 Å². The first-order valence-electron chi connectivity index (χ1n) is 5.49. The summed E-state index contributed by atoms with van der Waals surface area (Å²) in [6.07, 6.45) is 2.33. The van der Waals surface area contributed by atoms with Crippen LogP contribution in [-0.2, 0) is 0 Å². The number of benzene rings is 1. The lowest BCUT2D eigenvalue weighted by molar-refractivity contribution is 0.765. The molecule has 0 saturated carbocycles. The van der Waals surface area contributed by atoms with Gasteiger partial charge in [0, 0.05) is 13.8 Å². The molecule has 1 atom stereocenters. The summed E-state index contributed by atoms with van der Waals surface area (Å²) in [5.41, 5.74) is 1.19. The van der Waals surface area contributed by atoms with Gasteiger partial charge in [-0.05, 0) is 24.1 Å².